The quantitative estimate of drug-likeness (QED) is 0.872. The van der Waals surface area contributed by atoms with Crippen molar-refractivity contribution in [1.29, 1.82) is 0 Å². The highest BCUT2D eigenvalue weighted by molar-refractivity contribution is 5.78. The summed E-state index contributed by atoms with van der Waals surface area (Å²) < 4.78 is 5.51. The monoisotopic (exact) mass is 265 g/mol. The molecule has 1 saturated heterocycles. The number of carbonyl (C=O) groups is 1. The van der Waals surface area contributed by atoms with E-state index in [4.69, 9.17) is 4.74 Å². The van der Waals surface area contributed by atoms with E-state index in [-0.39, 0.29) is 0 Å². The Labute approximate surface area is 112 Å². The number of rotatable bonds is 5. The lowest BCUT2D eigenvalue weighted by molar-refractivity contribution is -0.138. The molecular formula is C13H19N3O3. The number of hydrogen-bond acceptors (Lipinski definition) is 5. The molecule has 0 aliphatic carbocycles. The average molecular weight is 265 g/mol. The van der Waals surface area contributed by atoms with E-state index in [1.807, 2.05) is 13.8 Å². The van der Waals surface area contributed by atoms with Crippen LogP contribution in [0.3, 0.4) is 0 Å². The van der Waals surface area contributed by atoms with Gasteiger partial charge in [0.25, 0.3) is 0 Å². The standard InChI is InChI=1S/C13H19N3O3/c1-3-7-19-11-8-9(2)14-13(15-11)16-6-4-5-10(16)12(17)18/h8,10H,3-7H2,1-2H3,(H,17,18). The summed E-state index contributed by atoms with van der Waals surface area (Å²) in [6.45, 7) is 5.15. The molecule has 0 aromatic carbocycles. The molecule has 1 N–H and O–H groups in total. The molecule has 6 nitrogen and oxygen atoms in total. The van der Waals surface area contributed by atoms with Gasteiger partial charge in [0.1, 0.15) is 6.04 Å². The summed E-state index contributed by atoms with van der Waals surface area (Å²) in [6, 6.07) is 1.24. The summed E-state index contributed by atoms with van der Waals surface area (Å²) >= 11 is 0. The molecule has 0 radical (unpaired) electrons. The van der Waals surface area contributed by atoms with E-state index in [0.717, 1.165) is 18.5 Å². The van der Waals surface area contributed by atoms with Crippen molar-refractivity contribution in [2.24, 2.45) is 0 Å². The summed E-state index contributed by atoms with van der Waals surface area (Å²) in [5, 5.41) is 9.20. The third-order valence-electron chi connectivity index (χ3n) is 3.07. The first-order valence-electron chi connectivity index (χ1n) is 6.59. The van der Waals surface area contributed by atoms with Gasteiger partial charge in [0.2, 0.25) is 11.8 Å². The summed E-state index contributed by atoms with van der Waals surface area (Å²) in [5.41, 5.74) is 0.784. The molecule has 0 amide bonds. The second-order valence-corrected chi connectivity index (χ2v) is 4.69. The lowest BCUT2D eigenvalue weighted by Gasteiger charge is -2.22. The third kappa shape index (κ3) is 3.13. The van der Waals surface area contributed by atoms with Crippen LogP contribution in [0.25, 0.3) is 0 Å². The molecule has 6 heteroatoms. The first kappa shape index (κ1) is 13.6. The van der Waals surface area contributed by atoms with Crippen LogP contribution in [-0.2, 0) is 4.79 Å². The second kappa shape index (κ2) is 5.86. The summed E-state index contributed by atoms with van der Waals surface area (Å²) in [5.74, 6) is 0.148. The number of carboxylic acid groups (broad SMARTS) is 1. The molecule has 2 rings (SSSR count). The van der Waals surface area contributed by atoms with Crippen LogP contribution in [0, 0.1) is 6.92 Å². The zero-order valence-electron chi connectivity index (χ0n) is 11.3. The Balaban J connectivity index is 2.23. The molecule has 1 aliphatic heterocycles. The molecule has 0 saturated carbocycles. The van der Waals surface area contributed by atoms with E-state index in [2.05, 4.69) is 9.97 Å². The van der Waals surface area contributed by atoms with Gasteiger partial charge < -0.3 is 14.7 Å². The van der Waals surface area contributed by atoms with Crippen molar-refractivity contribution < 1.29 is 14.6 Å². The Kier molecular flexibility index (Phi) is 4.19. The van der Waals surface area contributed by atoms with Crippen molar-refractivity contribution in [2.45, 2.75) is 39.2 Å². The number of ether oxygens (including phenoxy) is 1. The molecule has 1 aromatic heterocycles. The Morgan fingerprint density at radius 3 is 3.05 bits per heavy atom. The predicted octanol–water partition coefficient (Wildman–Crippen LogP) is 1.63. The average Bonchev–Trinajstić information content (AvgIpc) is 2.85. The summed E-state index contributed by atoms with van der Waals surface area (Å²) in [4.78, 5) is 21.6. The van der Waals surface area contributed by atoms with Gasteiger partial charge in [0.05, 0.1) is 6.61 Å². The summed E-state index contributed by atoms with van der Waals surface area (Å²) in [6.07, 6.45) is 2.39. The molecule has 1 aromatic rings. The van der Waals surface area contributed by atoms with Crippen LogP contribution in [0.2, 0.25) is 0 Å². The number of nitrogens with zero attached hydrogens (tertiary/aromatic N) is 3. The van der Waals surface area contributed by atoms with Gasteiger partial charge in [-0.05, 0) is 26.2 Å². The van der Waals surface area contributed by atoms with Gasteiger partial charge >= 0.3 is 5.97 Å². The molecule has 2 heterocycles. The first-order chi connectivity index (χ1) is 9.11. The van der Waals surface area contributed by atoms with E-state index in [1.165, 1.54) is 0 Å². The normalized spacial score (nSPS) is 18.6. The maximum absolute atomic E-state index is 11.2. The topological polar surface area (TPSA) is 75.5 Å². The highest BCUT2D eigenvalue weighted by atomic mass is 16.5. The zero-order valence-corrected chi connectivity index (χ0v) is 11.3. The van der Waals surface area contributed by atoms with Crippen molar-refractivity contribution in [3.8, 4) is 5.88 Å². The molecule has 104 valence electrons. The van der Waals surface area contributed by atoms with E-state index in [0.29, 0.717) is 31.4 Å². The molecule has 0 spiro atoms. The summed E-state index contributed by atoms with van der Waals surface area (Å²) in [7, 11) is 0. The fourth-order valence-corrected chi connectivity index (χ4v) is 2.20. The van der Waals surface area contributed by atoms with Crippen LogP contribution >= 0.6 is 0 Å². The van der Waals surface area contributed by atoms with Gasteiger partial charge in [0.15, 0.2) is 0 Å². The minimum atomic E-state index is -0.821. The molecule has 1 fully saturated rings. The van der Waals surface area contributed by atoms with Gasteiger partial charge in [0, 0.05) is 18.3 Å². The van der Waals surface area contributed by atoms with E-state index < -0.39 is 12.0 Å². The number of aromatic nitrogens is 2. The van der Waals surface area contributed by atoms with Gasteiger partial charge in [-0.2, -0.15) is 4.98 Å². The van der Waals surface area contributed by atoms with Gasteiger partial charge in [-0.1, -0.05) is 6.92 Å². The molecule has 19 heavy (non-hydrogen) atoms. The molecule has 1 unspecified atom stereocenters. The number of anilines is 1. The smallest absolute Gasteiger partial charge is 0.326 e. The van der Waals surface area contributed by atoms with Crippen LogP contribution in [0.5, 0.6) is 5.88 Å². The maximum Gasteiger partial charge on any atom is 0.326 e. The predicted molar refractivity (Wildman–Crippen MR) is 70.6 cm³/mol. The fourth-order valence-electron chi connectivity index (χ4n) is 2.20. The Morgan fingerprint density at radius 2 is 2.37 bits per heavy atom. The molecule has 1 atom stereocenters. The lowest BCUT2D eigenvalue weighted by Crippen LogP contribution is -2.37. The lowest BCUT2D eigenvalue weighted by atomic mass is 10.2. The second-order valence-electron chi connectivity index (χ2n) is 4.69. The van der Waals surface area contributed by atoms with Crippen molar-refractivity contribution in [3.05, 3.63) is 11.8 Å². The van der Waals surface area contributed by atoms with Crippen LogP contribution in [0.4, 0.5) is 5.95 Å². The van der Waals surface area contributed by atoms with Gasteiger partial charge in [-0.25, -0.2) is 9.78 Å². The SMILES string of the molecule is CCCOc1cc(C)nc(N2CCCC2C(=O)O)n1. The minimum absolute atomic E-state index is 0.455. The number of aryl methyl sites for hydroxylation is 1. The highest BCUT2D eigenvalue weighted by Crippen LogP contribution is 2.24. The first-order valence-corrected chi connectivity index (χ1v) is 6.59. The molecular weight excluding hydrogens is 246 g/mol. The van der Waals surface area contributed by atoms with Crippen molar-refractivity contribution >= 4 is 11.9 Å². The molecule has 1 aliphatic rings. The van der Waals surface area contributed by atoms with Crippen LogP contribution < -0.4 is 9.64 Å². The highest BCUT2D eigenvalue weighted by Gasteiger charge is 2.32. The van der Waals surface area contributed by atoms with Crippen molar-refractivity contribution in [3.63, 3.8) is 0 Å². The number of hydrogen-bond donors (Lipinski definition) is 1. The number of aliphatic carboxylic acids is 1. The van der Waals surface area contributed by atoms with Crippen LogP contribution in [0.15, 0.2) is 6.07 Å². The Bertz CT molecular complexity index is 464. The minimum Gasteiger partial charge on any atom is -0.480 e. The Hall–Kier alpha value is -1.85. The van der Waals surface area contributed by atoms with E-state index in [9.17, 15) is 9.90 Å². The molecule has 0 bridgehead atoms. The maximum atomic E-state index is 11.2. The fraction of sp³-hybridized carbons (Fsp3) is 0.615. The zero-order chi connectivity index (χ0) is 13.8. The van der Waals surface area contributed by atoms with Gasteiger partial charge in [-0.3, -0.25) is 0 Å². The largest absolute Gasteiger partial charge is 0.480 e. The Morgan fingerprint density at radius 1 is 1.58 bits per heavy atom. The van der Waals surface area contributed by atoms with Gasteiger partial charge in [-0.15, -0.1) is 0 Å². The third-order valence-corrected chi connectivity index (χ3v) is 3.07. The van der Waals surface area contributed by atoms with Crippen LogP contribution in [0.1, 0.15) is 31.9 Å². The number of carboxylic acids is 1. The van der Waals surface area contributed by atoms with Crippen LogP contribution in [-0.4, -0.2) is 40.2 Å². The van der Waals surface area contributed by atoms with E-state index >= 15 is 0 Å². The van der Waals surface area contributed by atoms with E-state index in [1.54, 1.807) is 11.0 Å². The van der Waals surface area contributed by atoms with Crippen molar-refractivity contribution in [1.82, 2.24) is 9.97 Å². The van der Waals surface area contributed by atoms with Crippen molar-refractivity contribution in [2.75, 3.05) is 18.1 Å².